The molecule has 0 bridgehead atoms. The number of hydrogen-bond donors (Lipinski definition) is 2. The van der Waals surface area contributed by atoms with Gasteiger partial charge in [0.2, 0.25) is 0 Å². The number of nitrogens with one attached hydrogen (secondary N) is 2. The molecular formula is C29H31ClN2O4S. The van der Waals surface area contributed by atoms with Gasteiger partial charge in [-0.05, 0) is 92.3 Å². The molecule has 1 aliphatic carbocycles. The topological polar surface area (TPSA) is 76.7 Å². The van der Waals surface area contributed by atoms with Crippen molar-refractivity contribution in [2.45, 2.75) is 44.0 Å². The Morgan fingerprint density at radius 2 is 1.78 bits per heavy atom. The molecule has 3 aromatic rings. The number of fused-ring (bicyclic) bond motifs is 3. The van der Waals surface area contributed by atoms with Gasteiger partial charge in [0.25, 0.3) is 10.0 Å². The van der Waals surface area contributed by atoms with E-state index < -0.39 is 10.0 Å². The zero-order valence-electron chi connectivity index (χ0n) is 21.1. The van der Waals surface area contributed by atoms with Gasteiger partial charge in [-0.3, -0.25) is 4.72 Å². The Kier molecular flexibility index (Phi) is 7.10. The number of benzene rings is 3. The molecule has 194 valence electrons. The fraction of sp³-hybridized carbons (Fsp3) is 0.310. The van der Waals surface area contributed by atoms with Crippen LogP contribution in [0, 0.1) is 12.8 Å². The maximum absolute atomic E-state index is 13.2. The molecule has 1 aliphatic heterocycles. The van der Waals surface area contributed by atoms with Crippen LogP contribution >= 0.6 is 11.6 Å². The SMILES string of the molecule is CCOc1ccc([C@H]2Nc3ccc(S(=O)(=O)Nc4ccc(C)c(Cl)c4)cc3[C@H]3C=CC[C@H]32)cc1OCC. The van der Waals surface area contributed by atoms with Gasteiger partial charge in [0, 0.05) is 16.6 Å². The Morgan fingerprint density at radius 1 is 1.00 bits per heavy atom. The van der Waals surface area contributed by atoms with Crippen molar-refractivity contribution in [3.8, 4) is 11.5 Å². The highest BCUT2D eigenvalue weighted by Crippen LogP contribution is 2.51. The van der Waals surface area contributed by atoms with Crippen LogP contribution in [0.15, 0.2) is 71.6 Å². The van der Waals surface area contributed by atoms with Crippen molar-refractivity contribution in [3.63, 3.8) is 0 Å². The molecule has 0 radical (unpaired) electrons. The summed E-state index contributed by atoms with van der Waals surface area (Å²) >= 11 is 6.19. The molecule has 0 amide bonds. The van der Waals surface area contributed by atoms with E-state index in [0.29, 0.717) is 23.9 Å². The van der Waals surface area contributed by atoms with E-state index >= 15 is 0 Å². The second-order valence-electron chi connectivity index (χ2n) is 9.37. The van der Waals surface area contributed by atoms with Crippen LogP contribution in [-0.4, -0.2) is 21.6 Å². The fourth-order valence-electron chi connectivity index (χ4n) is 5.20. The van der Waals surface area contributed by atoms with E-state index in [-0.39, 0.29) is 22.8 Å². The number of halogens is 1. The minimum atomic E-state index is -3.78. The normalized spacial score (nSPS) is 20.1. The summed E-state index contributed by atoms with van der Waals surface area (Å²) in [5.41, 5.74) is 4.35. The van der Waals surface area contributed by atoms with E-state index in [4.69, 9.17) is 21.1 Å². The van der Waals surface area contributed by atoms with Gasteiger partial charge in [-0.15, -0.1) is 0 Å². The Balaban J connectivity index is 1.46. The van der Waals surface area contributed by atoms with Gasteiger partial charge < -0.3 is 14.8 Å². The first-order chi connectivity index (χ1) is 17.8. The Hall–Kier alpha value is -3.16. The number of sulfonamides is 1. The highest BCUT2D eigenvalue weighted by Gasteiger charge is 2.38. The third-order valence-electron chi connectivity index (χ3n) is 7.00. The molecule has 8 heteroatoms. The van der Waals surface area contributed by atoms with Crippen molar-refractivity contribution in [2.24, 2.45) is 5.92 Å². The van der Waals surface area contributed by atoms with E-state index in [9.17, 15) is 8.42 Å². The molecule has 37 heavy (non-hydrogen) atoms. The predicted molar refractivity (Wildman–Crippen MR) is 149 cm³/mol. The highest BCUT2D eigenvalue weighted by molar-refractivity contribution is 7.92. The monoisotopic (exact) mass is 538 g/mol. The summed E-state index contributed by atoms with van der Waals surface area (Å²) in [6.45, 7) is 6.92. The number of allylic oxidation sites excluding steroid dienone is 2. The third-order valence-corrected chi connectivity index (χ3v) is 8.78. The quantitative estimate of drug-likeness (QED) is 0.300. The van der Waals surface area contributed by atoms with Crippen LogP contribution in [0.4, 0.5) is 11.4 Å². The predicted octanol–water partition coefficient (Wildman–Crippen LogP) is 7.07. The van der Waals surface area contributed by atoms with E-state index in [2.05, 4.69) is 34.3 Å². The summed E-state index contributed by atoms with van der Waals surface area (Å²) in [6, 6.07) is 16.6. The summed E-state index contributed by atoms with van der Waals surface area (Å²) in [4.78, 5) is 0.224. The Labute approximate surface area is 223 Å². The lowest BCUT2D eigenvalue weighted by Gasteiger charge is -2.38. The number of rotatable bonds is 8. The molecule has 3 aromatic carbocycles. The smallest absolute Gasteiger partial charge is 0.261 e. The van der Waals surface area contributed by atoms with E-state index in [1.165, 1.54) is 0 Å². The zero-order valence-corrected chi connectivity index (χ0v) is 22.7. The Bertz CT molecular complexity index is 1450. The lowest BCUT2D eigenvalue weighted by Crippen LogP contribution is -2.29. The van der Waals surface area contributed by atoms with Crippen LogP contribution in [0.1, 0.15) is 48.9 Å². The molecule has 0 fully saturated rings. The van der Waals surface area contributed by atoms with Gasteiger partial charge >= 0.3 is 0 Å². The molecule has 0 saturated heterocycles. The molecule has 0 spiro atoms. The van der Waals surface area contributed by atoms with Gasteiger partial charge in [0.05, 0.1) is 29.8 Å². The average molecular weight is 539 g/mol. The van der Waals surface area contributed by atoms with Gasteiger partial charge in [-0.25, -0.2) is 8.42 Å². The van der Waals surface area contributed by atoms with Gasteiger partial charge in [0.1, 0.15) is 0 Å². The molecule has 1 heterocycles. The van der Waals surface area contributed by atoms with Crippen LogP contribution in [0.3, 0.4) is 0 Å². The number of anilines is 2. The Morgan fingerprint density at radius 3 is 2.54 bits per heavy atom. The van der Waals surface area contributed by atoms with Gasteiger partial charge in [0.15, 0.2) is 11.5 Å². The standard InChI is InChI=1S/C29H31ClN2O4S/c1-4-35-27-14-10-19(15-28(27)36-5-2)29-23-8-6-7-22(23)24-17-21(12-13-26(24)31-29)37(33,34)32-20-11-9-18(3)25(30)16-20/h6-7,9-17,22-23,29,31-32H,4-5,8H2,1-3H3/t22-,23+,29+/m0/s1. The first-order valence-corrected chi connectivity index (χ1v) is 14.4. The minimum Gasteiger partial charge on any atom is -0.490 e. The van der Waals surface area contributed by atoms with Crippen LogP contribution in [-0.2, 0) is 10.0 Å². The van der Waals surface area contributed by atoms with Crippen LogP contribution < -0.4 is 19.5 Å². The summed E-state index contributed by atoms with van der Waals surface area (Å²) in [6.07, 6.45) is 5.28. The lowest BCUT2D eigenvalue weighted by atomic mass is 9.77. The first kappa shape index (κ1) is 25.5. The fourth-order valence-corrected chi connectivity index (χ4v) is 6.47. The second kappa shape index (κ2) is 10.3. The first-order valence-electron chi connectivity index (χ1n) is 12.6. The van der Waals surface area contributed by atoms with Gasteiger partial charge in [-0.1, -0.05) is 35.9 Å². The summed E-state index contributed by atoms with van der Waals surface area (Å²) in [5, 5.41) is 4.19. The lowest BCUT2D eigenvalue weighted by molar-refractivity contribution is 0.287. The molecule has 6 nitrogen and oxygen atoms in total. The molecule has 2 N–H and O–H groups in total. The molecular weight excluding hydrogens is 508 g/mol. The van der Waals surface area contributed by atoms with Gasteiger partial charge in [-0.2, -0.15) is 0 Å². The number of ether oxygens (including phenoxy) is 2. The average Bonchev–Trinajstić information content (AvgIpc) is 3.37. The molecule has 3 atom stereocenters. The van der Waals surface area contributed by atoms with Crippen LogP contribution in [0.2, 0.25) is 5.02 Å². The van der Waals surface area contributed by atoms with Crippen molar-refractivity contribution in [3.05, 3.63) is 88.5 Å². The van der Waals surface area contributed by atoms with Crippen molar-refractivity contribution < 1.29 is 17.9 Å². The van der Waals surface area contributed by atoms with Crippen LogP contribution in [0.5, 0.6) is 11.5 Å². The van der Waals surface area contributed by atoms with Crippen molar-refractivity contribution in [2.75, 3.05) is 23.3 Å². The summed E-state index contributed by atoms with van der Waals surface area (Å²) < 4.78 is 40.7. The molecule has 0 saturated carbocycles. The molecule has 0 aromatic heterocycles. The molecule has 0 unspecified atom stereocenters. The van der Waals surface area contributed by atoms with E-state index in [1.807, 2.05) is 32.9 Å². The van der Waals surface area contributed by atoms with Crippen molar-refractivity contribution in [1.82, 2.24) is 0 Å². The number of aryl methyl sites for hydroxylation is 1. The van der Waals surface area contributed by atoms with E-state index in [1.54, 1.807) is 30.3 Å². The van der Waals surface area contributed by atoms with Crippen molar-refractivity contribution >= 4 is 33.0 Å². The van der Waals surface area contributed by atoms with Crippen LogP contribution in [0.25, 0.3) is 0 Å². The zero-order chi connectivity index (χ0) is 26.2. The van der Waals surface area contributed by atoms with E-state index in [0.717, 1.165) is 40.3 Å². The maximum Gasteiger partial charge on any atom is 0.261 e. The van der Waals surface area contributed by atoms with Crippen molar-refractivity contribution in [1.29, 1.82) is 0 Å². The summed E-state index contributed by atoms with van der Waals surface area (Å²) in [5.74, 6) is 1.83. The number of hydrogen-bond acceptors (Lipinski definition) is 5. The maximum atomic E-state index is 13.2. The second-order valence-corrected chi connectivity index (χ2v) is 11.5. The molecule has 5 rings (SSSR count). The highest BCUT2D eigenvalue weighted by atomic mass is 35.5. The minimum absolute atomic E-state index is 0.0534. The molecule has 2 aliphatic rings. The largest absolute Gasteiger partial charge is 0.490 e. The summed E-state index contributed by atoms with van der Waals surface area (Å²) in [7, 11) is -3.78. The third kappa shape index (κ3) is 5.03.